The van der Waals surface area contributed by atoms with E-state index in [-0.39, 0.29) is 18.9 Å². The van der Waals surface area contributed by atoms with Gasteiger partial charge >= 0.3 is 0 Å². The predicted molar refractivity (Wildman–Crippen MR) is 411 cm³/mol. The number of carbonyl (C=O) groups excluding carboxylic acids is 1. The highest BCUT2D eigenvalue weighted by Gasteiger charge is 2.51. The van der Waals surface area contributed by atoms with Crippen molar-refractivity contribution in [2.45, 2.75) is 453 Å². The third kappa shape index (κ3) is 51.5. The van der Waals surface area contributed by atoms with E-state index < -0.39 is 86.8 Å². The summed E-state index contributed by atoms with van der Waals surface area (Å²) >= 11 is 0. The summed E-state index contributed by atoms with van der Waals surface area (Å²) in [6, 6.07) is -0.935. The van der Waals surface area contributed by atoms with Crippen LogP contribution < -0.4 is 5.32 Å². The van der Waals surface area contributed by atoms with Crippen LogP contribution in [0.5, 0.6) is 0 Å². The van der Waals surface area contributed by atoms with Crippen LogP contribution in [0.2, 0.25) is 0 Å². The Hall–Kier alpha value is -2.31. The van der Waals surface area contributed by atoms with Crippen LogP contribution in [0.25, 0.3) is 0 Å². The van der Waals surface area contributed by atoms with Crippen LogP contribution in [0, 0.1) is 0 Å². The fourth-order valence-corrected chi connectivity index (χ4v) is 13.8. The van der Waals surface area contributed by atoms with Crippen LogP contribution in [0.15, 0.2) is 60.8 Å². The summed E-state index contributed by atoms with van der Waals surface area (Å²) in [6.45, 7) is 2.83. The van der Waals surface area contributed by atoms with Crippen molar-refractivity contribution < 1.29 is 64.6 Å². The van der Waals surface area contributed by atoms with Gasteiger partial charge in [-0.05, 0) is 70.6 Å². The molecule has 12 atom stereocenters. The average Bonchev–Trinajstić information content (AvgIpc) is 0.793. The van der Waals surface area contributed by atoms with Crippen molar-refractivity contribution in [1.29, 1.82) is 0 Å². The van der Waals surface area contributed by atoms with Crippen molar-refractivity contribution >= 4 is 5.91 Å². The molecule has 0 aromatic heterocycles. The normalized spacial score (nSPS) is 22.2. The number of aliphatic hydroxyl groups is 8. The van der Waals surface area contributed by atoms with Crippen LogP contribution in [0.1, 0.15) is 380 Å². The standard InChI is InChI=1S/C85H157NO13/c1-3-5-7-9-11-13-15-17-19-21-23-25-27-29-31-33-35-37-39-41-43-45-47-49-51-53-55-57-59-61-63-65-67-69-77(90)86-73(72-96-84-82(95)80(93)83(76(71-88)98-84)99-85-81(94)79(92)78(91)75(70-87)97-85)74(89)68-66-64-62-60-58-56-54-52-50-48-46-44-42-40-38-36-34-32-30-28-26-24-22-20-18-16-14-12-10-8-6-4-2/h15,17,21,23,27,29,58,60,66,68,73-76,78-85,87-89,91-95H,3-14,16,18-20,22,24-26,28,30-57,59,61-65,67,69-72H2,1-2H3,(H,86,90)/b17-15-,23-21-,29-27-,60-58+,68-66+. The van der Waals surface area contributed by atoms with E-state index in [2.05, 4.69) is 67.8 Å². The van der Waals surface area contributed by atoms with Crippen LogP contribution in [0.4, 0.5) is 0 Å². The molecular formula is C85H157NO13. The number of hydrogen-bond donors (Lipinski definition) is 9. The number of unbranched alkanes of at least 4 members (excludes halogenated alkanes) is 50. The van der Waals surface area contributed by atoms with Crippen LogP contribution >= 0.6 is 0 Å². The number of nitrogens with one attached hydrogen (secondary N) is 1. The molecule has 2 saturated heterocycles. The average molecular weight is 1400 g/mol. The van der Waals surface area contributed by atoms with Gasteiger partial charge in [-0.3, -0.25) is 4.79 Å². The minimum atomic E-state index is -1.79. The molecule has 0 spiro atoms. The second kappa shape index (κ2) is 68.8. The van der Waals surface area contributed by atoms with E-state index in [1.165, 1.54) is 302 Å². The summed E-state index contributed by atoms with van der Waals surface area (Å²) < 4.78 is 22.9. The summed E-state index contributed by atoms with van der Waals surface area (Å²) in [5.74, 6) is -0.244. The van der Waals surface area contributed by atoms with Crippen molar-refractivity contribution in [2.75, 3.05) is 19.8 Å². The third-order valence-electron chi connectivity index (χ3n) is 20.4. The number of amides is 1. The van der Waals surface area contributed by atoms with Gasteiger partial charge in [-0.15, -0.1) is 0 Å². The molecule has 2 aliphatic rings. The number of hydrogen-bond acceptors (Lipinski definition) is 13. The maximum absolute atomic E-state index is 13.4. The highest BCUT2D eigenvalue weighted by molar-refractivity contribution is 5.76. The number of carbonyl (C=O) groups is 1. The molecule has 2 fully saturated rings. The molecule has 0 saturated carbocycles. The molecule has 2 heterocycles. The Balaban J connectivity index is 1.61. The summed E-state index contributed by atoms with van der Waals surface area (Å²) in [6.07, 6.45) is 77.5. The lowest BCUT2D eigenvalue weighted by Crippen LogP contribution is -2.65. The summed E-state index contributed by atoms with van der Waals surface area (Å²) in [4.78, 5) is 13.4. The molecule has 99 heavy (non-hydrogen) atoms. The smallest absolute Gasteiger partial charge is 0.220 e. The molecule has 1 amide bonds. The first-order valence-electron chi connectivity index (χ1n) is 42.0. The van der Waals surface area contributed by atoms with Crippen molar-refractivity contribution in [3.8, 4) is 0 Å². The fraction of sp³-hybridized carbons (Fsp3) is 0.871. The third-order valence-corrected chi connectivity index (χ3v) is 20.4. The van der Waals surface area contributed by atoms with Gasteiger partial charge in [-0.1, -0.05) is 364 Å². The lowest BCUT2D eigenvalue weighted by Gasteiger charge is -2.46. The van der Waals surface area contributed by atoms with E-state index in [1.54, 1.807) is 6.08 Å². The summed E-state index contributed by atoms with van der Waals surface area (Å²) in [7, 11) is 0. The zero-order valence-corrected chi connectivity index (χ0v) is 63.7. The largest absolute Gasteiger partial charge is 0.394 e. The molecule has 0 bridgehead atoms. The molecular weight excluding hydrogens is 1240 g/mol. The van der Waals surface area contributed by atoms with Gasteiger partial charge in [0.2, 0.25) is 5.91 Å². The Morgan fingerprint density at radius 3 is 1.06 bits per heavy atom. The van der Waals surface area contributed by atoms with E-state index in [4.69, 9.17) is 18.9 Å². The van der Waals surface area contributed by atoms with Crippen molar-refractivity contribution in [2.24, 2.45) is 0 Å². The van der Waals surface area contributed by atoms with Crippen LogP contribution in [0.3, 0.4) is 0 Å². The molecule has 0 radical (unpaired) electrons. The topological polar surface area (TPSA) is 228 Å². The van der Waals surface area contributed by atoms with E-state index in [0.717, 1.165) is 44.9 Å². The lowest BCUT2D eigenvalue weighted by atomic mass is 9.97. The Morgan fingerprint density at radius 2 is 0.677 bits per heavy atom. The first-order valence-corrected chi connectivity index (χ1v) is 42.0. The van der Waals surface area contributed by atoms with Crippen LogP contribution in [-0.4, -0.2) is 140 Å². The zero-order valence-electron chi connectivity index (χ0n) is 63.7. The van der Waals surface area contributed by atoms with E-state index in [9.17, 15) is 45.6 Å². The first kappa shape index (κ1) is 92.8. The Bertz CT molecular complexity index is 1900. The Morgan fingerprint density at radius 1 is 0.364 bits per heavy atom. The summed E-state index contributed by atoms with van der Waals surface area (Å²) in [5.41, 5.74) is 0. The number of rotatable bonds is 71. The van der Waals surface area contributed by atoms with Crippen molar-refractivity contribution in [3.05, 3.63) is 60.8 Å². The minimum absolute atomic E-state index is 0.244. The van der Waals surface area contributed by atoms with Gasteiger partial charge in [0, 0.05) is 6.42 Å². The molecule has 12 unspecified atom stereocenters. The quantitative estimate of drug-likeness (QED) is 0.0204. The molecule has 2 aliphatic heterocycles. The van der Waals surface area contributed by atoms with Crippen molar-refractivity contribution in [1.82, 2.24) is 5.32 Å². The maximum Gasteiger partial charge on any atom is 0.220 e. The Labute approximate surface area is 606 Å². The first-order chi connectivity index (χ1) is 48.6. The van der Waals surface area contributed by atoms with Gasteiger partial charge < -0.3 is 65.1 Å². The predicted octanol–water partition coefficient (Wildman–Crippen LogP) is 19.5. The van der Waals surface area contributed by atoms with Gasteiger partial charge in [0.05, 0.1) is 32.0 Å². The molecule has 0 aromatic rings. The SMILES string of the molecule is CCCCCCC/C=C\C/C=C\C/C=C\CCCCCCCCCCCCCCCCCCCCC(=O)NC(COC1OC(CO)C(OC2OC(CO)C(O)C(O)C2O)C(O)C1O)C(O)/C=C/CC/C=C/CCCCCCCCCCCCCCCCCCCCCCCCCCCC. The highest BCUT2D eigenvalue weighted by atomic mass is 16.7. The van der Waals surface area contributed by atoms with Crippen LogP contribution in [-0.2, 0) is 23.7 Å². The number of ether oxygens (including phenoxy) is 4. The van der Waals surface area contributed by atoms with Gasteiger partial charge in [-0.2, -0.15) is 0 Å². The fourth-order valence-electron chi connectivity index (χ4n) is 13.8. The maximum atomic E-state index is 13.4. The Kier molecular flexibility index (Phi) is 64.5. The van der Waals surface area contributed by atoms with E-state index in [1.807, 2.05) is 6.08 Å². The van der Waals surface area contributed by atoms with Gasteiger partial charge in [0.1, 0.15) is 48.8 Å². The highest BCUT2D eigenvalue weighted by Crippen LogP contribution is 2.30. The van der Waals surface area contributed by atoms with E-state index >= 15 is 0 Å². The number of aliphatic hydroxyl groups excluding tert-OH is 8. The minimum Gasteiger partial charge on any atom is -0.394 e. The second-order valence-corrected chi connectivity index (χ2v) is 29.6. The zero-order chi connectivity index (χ0) is 71.5. The molecule has 14 heteroatoms. The van der Waals surface area contributed by atoms with E-state index in [0.29, 0.717) is 12.8 Å². The van der Waals surface area contributed by atoms with Gasteiger partial charge in [-0.25, -0.2) is 0 Å². The van der Waals surface area contributed by atoms with Crippen molar-refractivity contribution in [3.63, 3.8) is 0 Å². The molecule has 14 nitrogen and oxygen atoms in total. The molecule has 0 aromatic carbocycles. The lowest BCUT2D eigenvalue weighted by molar-refractivity contribution is -0.359. The monoisotopic (exact) mass is 1400 g/mol. The van der Waals surface area contributed by atoms with Gasteiger partial charge in [0.25, 0.3) is 0 Å². The summed E-state index contributed by atoms with van der Waals surface area (Å²) in [5, 5.41) is 87.7. The molecule has 0 aliphatic carbocycles. The molecule has 2 rings (SSSR count). The molecule has 580 valence electrons. The number of allylic oxidation sites excluding steroid dienone is 9. The molecule has 9 N–H and O–H groups in total. The van der Waals surface area contributed by atoms with Gasteiger partial charge in [0.15, 0.2) is 12.6 Å². The second-order valence-electron chi connectivity index (χ2n) is 29.6.